The molecule has 0 atom stereocenters. The van der Waals surface area contributed by atoms with Crippen molar-refractivity contribution >= 4 is 38.9 Å². The van der Waals surface area contributed by atoms with E-state index in [4.69, 9.17) is 11.6 Å². The first kappa shape index (κ1) is 16.7. The summed E-state index contributed by atoms with van der Waals surface area (Å²) in [4.78, 5) is 4.38. The van der Waals surface area contributed by atoms with Crippen molar-refractivity contribution in [3.8, 4) is 6.07 Å². The molecule has 1 aromatic heterocycles. The molecule has 0 bridgehead atoms. The Labute approximate surface area is 142 Å². The lowest BCUT2D eigenvalue weighted by atomic mass is 10.0. The third kappa shape index (κ3) is 3.08. The predicted molar refractivity (Wildman–Crippen MR) is 90.2 cm³/mol. The number of aryl methyl sites for hydroxylation is 1. The van der Waals surface area contributed by atoms with Gasteiger partial charge in [-0.15, -0.1) is 0 Å². The van der Waals surface area contributed by atoms with Gasteiger partial charge < -0.3 is 5.32 Å². The monoisotopic (exact) mass is 381 g/mol. The summed E-state index contributed by atoms with van der Waals surface area (Å²) in [5, 5.41) is 12.3. The van der Waals surface area contributed by atoms with Gasteiger partial charge in [0.05, 0.1) is 22.1 Å². The molecule has 6 heteroatoms. The van der Waals surface area contributed by atoms with Crippen LogP contribution in [-0.2, 0) is 0 Å². The molecule has 0 aliphatic rings. The van der Waals surface area contributed by atoms with E-state index in [2.05, 4.69) is 26.2 Å². The number of pyridine rings is 1. The molecule has 0 spiro atoms. The first-order valence-corrected chi connectivity index (χ1v) is 7.84. The van der Waals surface area contributed by atoms with Gasteiger partial charge in [0.25, 0.3) is 0 Å². The molecule has 0 saturated heterocycles. The molecule has 22 heavy (non-hydrogen) atoms. The van der Waals surface area contributed by atoms with E-state index < -0.39 is 5.82 Å². The zero-order valence-electron chi connectivity index (χ0n) is 12.3. The van der Waals surface area contributed by atoms with E-state index in [0.29, 0.717) is 10.2 Å². The van der Waals surface area contributed by atoms with E-state index in [1.807, 2.05) is 32.9 Å². The van der Waals surface area contributed by atoms with Crippen molar-refractivity contribution in [2.75, 3.05) is 5.32 Å². The van der Waals surface area contributed by atoms with Crippen molar-refractivity contribution in [2.24, 2.45) is 0 Å². The van der Waals surface area contributed by atoms with Gasteiger partial charge in [0, 0.05) is 10.7 Å². The fourth-order valence-electron chi connectivity index (χ4n) is 2.12. The van der Waals surface area contributed by atoms with Gasteiger partial charge in [-0.25, -0.2) is 4.39 Å². The molecule has 3 nitrogen and oxygen atoms in total. The first-order valence-electron chi connectivity index (χ1n) is 6.67. The van der Waals surface area contributed by atoms with Crippen molar-refractivity contribution in [3.05, 3.63) is 50.5 Å². The van der Waals surface area contributed by atoms with Crippen LogP contribution in [0.1, 0.15) is 36.6 Å². The lowest BCUT2D eigenvalue weighted by Crippen LogP contribution is -2.05. The minimum atomic E-state index is -0.742. The third-order valence-corrected chi connectivity index (χ3v) is 4.49. The van der Waals surface area contributed by atoms with Crippen LogP contribution in [0.5, 0.6) is 0 Å². The minimum Gasteiger partial charge on any atom is -0.353 e. The second kappa shape index (κ2) is 6.64. The maximum Gasteiger partial charge on any atom is 0.162 e. The summed E-state index contributed by atoms with van der Waals surface area (Å²) in [6, 6.07) is 5.32. The Morgan fingerprint density at radius 2 is 2.14 bits per heavy atom. The van der Waals surface area contributed by atoms with Gasteiger partial charge in [0.15, 0.2) is 5.82 Å². The van der Waals surface area contributed by atoms with Gasteiger partial charge in [-0.1, -0.05) is 25.4 Å². The minimum absolute atomic E-state index is 0.103. The zero-order valence-corrected chi connectivity index (χ0v) is 14.7. The van der Waals surface area contributed by atoms with E-state index in [9.17, 15) is 9.65 Å². The number of hydrogen-bond acceptors (Lipinski definition) is 3. The number of hydrogen-bond donors (Lipinski definition) is 1. The highest BCUT2D eigenvalue weighted by atomic mass is 79.9. The zero-order chi connectivity index (χ0) is 16.4. The molecule has 0 amide bonds. The summed E-state index contributed by atoms with van der Waals surface area (Å²) < 4.78 is 14.5. The molecule has 0 radical (unpaired) electrons. The standard InChI is InChI=1S/C16H14BrClFN3/c1-8(2)15-16(9(3)4-5-21-15)22-12-6-11(17)13(18)14(19)10(12)7-20/h4-6,8,22H,1-3H3. The lowest BCUT2D eigenvalue weighted by Gasteiger charge is -2.17. The van der Waals surface area contributed by atoms with Crippen molar-refractivity contribution in [1.82, 2.24) is 4.98 Å². The van der Waals surface area contributed by atoms with Crippen LogP contribution in [0.2, 0.25) is 5.02 Å². The van der Waals surface area contributed by atoms with Crippen LogP contribution in [0, 0.1) is 24.1 Å². The lowest BCUT2D eigenvalue weighted by molar-refractivity contribution is 0.624. The summed E-state index contributed by atoms with van der Waals surface area (Å²) in [7, 11) is 0. The average Bonchev–Trinajstić information content (AvgIpc) is 2.47. The van der Waals surface area contributed by atoms with Crippen molar-refractivity contribution in [2.45, 2.75) is 26.7 Å². The van der Waals surface area contributed by atoms with Crippen LogP contribution in [0.4, 0.5) is 15.8 Å². The van der Waals surface area contributed by atoms with Crippen LogP contribution in [0.25, 0.3) is 0 Å². The fourth-order valence-corrected chi connectivity index (χ4v) is 2.67. The molecule has 2 rings (SSSR count). The van der Waals surface area contributed by atoms with Gasteiger partial charge in [0.1, 0.15) is 11.6 Å². The number of benzene rings is 1. The summed E-state index contributed by atoms with van der Waals surface area (Å²) in [6.07, 6.45) is 1.74. The Hall–Kier alpha value is -1.64. The number of nitrogens with one attached hydrogen (secondary N) is 1. The smallest absolute Gasteiger partial charge is 0.162 e. The predicted octanol–water partition coefficient (Wildman–Crippen LogP) is 5.68. The summed E-state index contributed by atoms with van der Waals surface area (Å²) in [6.45, 7) is 5.98. The Kier molecular flexibility index (Phi) is 5.05. The Morgan fingerprint density at radius 1 is 1.45 bits per heavy atom. The molecule has 0 saturated carbocycles. The number of aromatic nitrogens is 1. The molecule has 0 aliphatic carbocycles. The molecule has 1 heterocycles. The Bertz CT molecular complexity index is 769. The van der Waals surface area contributed by atoms with E-state index in [1.54, 1.807) is 12.3 Å². The first-order chi connectivity index (χ1) is 10.4. The summed E-state index contributed by atoms with van der Waals surface area (Å²) >= 11 is 9.04. The number of halogens is 3. The maximum absolute atomic E-state index is 14.1. The fraction of sp³-hybridized carbons (Fsp3) is 0.250. The summed E-state index contributed by atoms with van der Waals surface area (Å²) in [5.41, 5.74) is 2.84. The molecule has 0 fully saturated rings. The van der Waals surface area contributed by atoms with Gasteiger partial charge in [-0.3, -0.25) is 4.98 Å². The van der Waals surface area contributed by atoms with Crippen LogP contribution in [-0.4, -0.2) is 4.98 Å². The van der Waals surface area contributed by atoms with Gasteiger partial charge >= 0.3 is 0 Å². The van der Waals surface area contributed by atoms with Crippen LogP contribution < -0.4 is 5.32 Å². The number of anilines is 2. The Balaban J connectivity index is 2.60. The summed E-state index contributed by atoms with van der Waals surface area (Å²) in [5.74, 6) is -0.554. The number of nitriles is 1. The maximum atomic E-state index is 14.1. The molecular formula is C16H14BrClFN3. The molecule has 114 valence electrons. The second-order valence-electron chi connectivity index (χ2n) is 5.19. The highest BCUT2D eigenvalue weighted by Crippen LogP contribution is 2.36. The third-order valence-electron chi connectivity index (χ3n) is 3.27. The largest absolute Gasteiger partial charge is 0.353 e. The quantitative estimate of drug-likeness (QED) is 0.694. The van der Waals surface area contributed by atoms with E-state index in [1.165, 1.54) is 0 Å². The molecule has 2 aromatic rings. The molecular weight excluding hydrogens is 369 g/mol. The van der Waals surface area contributed by atoms with Crippen molar-refractivity contribution < 1.29 is 4.39 Å². The van der Waals surface area contributed by atoms with Crippen LogP contribution in [0.3, 0.4) is 0 Å². The molecule has 0 unspecified atom stereocenters. The molecule has 0 aliphatic heterocycles. The molecule has 1 N–H and O–H groups in total. The second-order valence-corrected chi connectivity index (χ2v) is 6.42. The van der Waals surface area contributed by atoms with Crippen LogP contribution >= 0.6 is 27.5 Å². The van der Waals surface area contributed by atoms with E-state index in [0.717, 1.165) is 16.9 Å². The van der Waals surface area contributed by atoms with Crippen molar-refractivity contribution in [3.63, 3.8) is 0 Å². The molecule has 1 aromatic carbocycles. The average molecular weight is 383 g/mol. The number of rotatable bonds is 3. The van der Waals surface area contributed by atoms with Gasteiger partial charge in [0.2, 0.25) is 0 Å². The van der Waals surface area contributed by atoms with Gasteiger partial charge in [-0.2, -0.15) is 5.26 Å². The van der Waals surface area contributed by atoms with E-state index >= 15 is 0 Å². The Morgan fingerprint density at radius 3 is 2.73 bits per heavy atom. The normalized spacial score (nSPS) is 10.6. The topological polar surface area (TPSA) is 48.7 Å². The van der Waals surface area contributed by atoms with E-state index in [-0.39, 0.29) is 16.5 Å². The highest BCUT2D eigenvalue weighted by molar-refractivity contribution is 9.10. The van der Waals surface area contributed by atoms with Crippen LogP contribution in [0.15, 0.2) is 22.8 Å². The van der Waals surface area contributed by atoms with Gasteiger partial charge in [-0.05, 0) is 46.5 Å². The van der Waals surface area contributed by atoms with Crippen molar-refractivity contribution in [1.29, 1.82) is 5.26 Å². The number of nitrogens with zero attached hydrogens (tertiary/aromatic N) is 2. The SMILES string of the molecule is Cc1ccnc(C(C)C)c1Nc1cc(Br)c(Cl)c(F)c1C#N. The highest BCUT2D eigenvalue weighted by Gasteiger charge is 2.18.